The van der Waals surface area contributed by atoms with E-state index < -0.39 is 23.6 Å². The Morgan fingerprint density at radius 1 is 0.797 bits per heavy atom. The number of hydrogen-bond acceptors (Lipinski definition) is 13. The number of methoxy groups -OCH3 is 1. The Hall–Kier alpha value is -8.23. The van der Waals surface area contributed by atoms with E-state index in [-0.39, 0.29) is 54.2 Å². The average Bonchev–Trinajstić information content (AvgIpc) is 4.11. The molecule has 0 saturated heterocycles. The van der Waals surface area contributed by atoms with Crippen molar-refractivity contribution in [3.63, 3.8) is 0 Å². The van der Waals surface area contributed by atoms with Crippen LogP contribution in [0.25, 0.3) is 22.1 Å². The van der Waals surface area contributed by atoms with Gasteiger partial charge >= 0.3 is 0 Å². The number of oxazole rings is 1. The van der Waals surface area contributed by atoms with Gasteiger partial charge in [-0.1, -0.05) is 25.2 Å². The molecule has 0 aliphatic carbocycles. The van der Waals surface area contributed by atoms with E-state index in [9.17, 15) is 19.2 Å². The molecule has 7 N–H and O–H groups in total. The first-order valence-corrected chi connectivity index (χ1v) is 20.3. The second kappa shape index (κ2) is 18.8. The predicted octanol–water partition coefficient (Wildman–Crippen LogP) is 4.61. The lowest BCUT2D eigenvalue weighted by Crippen LogP contribution is -2.20. The standard InChI is InChI=1S/C43H48N14O7/c1-7-29-37(64-25(4)48-29)41(61)52-43-50-31-19-27(39(45)59)21-34(63-16-12-11-13-54-23-28(46-5)22-47-54)36(31)56(43)15-10-9-14-55-35-30(18-26(38(44)58)20-33(35)62-6)49-42(55)51-40(60)32-17-24(3)53-57(32)8-2/h9-12,17-23,46H,7-8,13-16H2,1-6H3,(H2,44,58)(H2,45,59)(H,49,51,60)(H,50,52,61)/b10-9+,12-11+. The molecular formula is C43H48N14O7. The molecule has 7 aromatic rings. The molecule has 0 aliphatic heterocycles. The van der Waals surface area contributed by atoms with Crippen molar-refractivity contribution in [1.29, 1.82) is 0 Å². The molecule has 2 aromatic carbocycles. The molecule has 0 radical (unpaired) electrons. The fraction of sp³-hybridized carbons (Fsp3) is 0.279. The van der Waals surface area contributed by atoms with Gasteiger partial charge in [-0.2, -0.15) is 10.2 Å². The van der Waals surface area contributed by atoms with E-state index in [1.807, 2.05) is 51.4 Å². The first-order valence-electron chi connectivity index (χ1n) is 20.3. The zero-order chi connectivity index (χ0) is 45.7. The summed E-state index contributed by atoms with van der Waals surface area (Å²) in [5, 5.41) is 17.5. The van der Waals surface area contributed by atoms with Crippen LogP contribution in [0.4, 0.5) is 17.6 Å². The Kier molecular flexibility index (Phi) is 12.9. The molecule has 0 aliphatic rings. The number of amides is 4. The Morgan fingerprint density at radius 3 is 1.98 bits per heavy atom. The number of primary amides is 2. The van der Waals surface area contributed by atoms with Gasteiger partial charge in [0.15, 0.2) is 5.89 Å². The van der Waals surface area contributed by atoms with Crippen molar-refractivity contribution in [2.75, 3.05) is 36.7 Å². The molecular weight excluding hydrogens is 825 g/mol. The third kappa shape index (κ3) is 9.17. The normalized spacial score (nSPS) is 11.6. The minimum atomic E-state index is -0.700. The number of nitrogens with zero attached hydrogens (tertiary/aromatic N) is 9. The van der Waals surface area contributed by atoms with Crippen molar-refractivity contribution >= 4 is 63.3 Å². The number of anilines is 3. The number of aromatic nitrogens is 9. The fourth-order valence-corrected chi connectivity index (χ4v) is 7.08. The molecule has 0 unspecified atom stereocenters. The van der Waals surface area contributed by atoms with Gasteiger partial charge in [0.2, 0.25) is 29.5 Å². The van der Waals surface area contributed by atoms with Gasteiger partial charge in [-0.05, 0) is 56.7 Å². The first-order chi connectivity index (χ1) is 30.8. The molecule has 7 rings (SSSR count). The van der Waals surface area contributed by atoms with Crippen molar-refractivity contribution in [1.82, 2.24) is 43.6 Å². The minimum Gasteiger partial charge on any atom is -0.494 e. The zero-order valence-corrected chi connectivity index (χ0v) is 36.1. The molecule has 4 amide bonds. The van der Waals surface area contributed by atoms with E-state index in [4.69, 9.17) is 30.3 Å². The number of imidazole rings is 2. The number of hydrogen-bond donors (Lipinski definition) is 5. The predicted molar refractivity (Wildman–Crippen MR) is 238 cm³/mol. The minimum absolute atomic E-state index is 0.0414. The second-order valence-electron chi connectivity index (χ2n) is 14.4. The average molecular weight is 873 g/mol. The Morgan fingerprint density at radius 2 is 1.41 bits per heavy atom. The summed E-state index contributed by atoms with van der Waals surface area (Å²) in [6.07, 6.45) is 11.4. The lowest BCUT2D eigenvalue weighted by Gasteiger charge is -2.12. The summed E-state index contributed by atoms with van der Waals surface area (Å²) in [5.74, 6) is -1.17. The van der Waals surface area contributed by atoms with Crippen LogP contribution in [0.1, 0.15) is 72.9 Å². The van der Waals surface area contributed by atoms with Crippen LogP contribution < -0.4 is 36.9 Å². The molecule has 5 aromatic heterocycles. The maximum Gasteiger partial charge on any atom is 0.295 e. The van der Waals surface area contributed by atoms with E-state index in [0.717, 1.165) is 5.69 Å². The second-order valence-corrected chi connectivity index (χ2v) is 14.4. The molecule has 332 valence electrons. The molecule has 0 bridgehead atoms. The van der Waals surface area contributed by atoms with E-state index in [2.05, 4.69) is 36.1 Å². The number of aryl methyl sites for hydroxylation is 4. The van der Waals surface area contributed by atoms with Crippen LogP contribution in [0.2, 0.25) is 0 Å². The highest BCUT2D eigenvalue weighted by Crippen LogP contribution is 2.33. The third-order valence-electron chi connectivity index (χ3n) is 10.1. The SMILES string of the molecule is CCc1nc(C)oc1C(=O)Nc1nc2cc(C(N)=O)cc(OC/C=C/Cn3cc(NC)cn3)c2n1C/C=C/Cn1c(NC(=O)c2cc(C)nn2CC)nc2cc(C(N)=O)cc(OC)c21. The third-order valence-corrected chi connectivity index (χ3v) is 10.1. The van der Waals surface area contributed by atoms with Crippen molar-refractivity contribution in [3.8, 4) is 11.5 Å². The van der Waals surface area contributed by atoms with E-state index in [1.54, 1.807) is 44.6 Å². The first kappa shape index (κ1) is 43.8. The van der Waals surface area contributed by atoms with Crippen LogP contribution in [0.3, 0.4) is 0 Å². The van der Waals surface area contributed by atoms with Gasteiger partial charge in [-0.15, -0.1) is 0 Å². The number of carbonyl (C=O) groups is 4. The Balaban J connectivity index is 1.26. The van der Waals surface area contributed by atoms with Gasteiger partial charge in [-0.25, -0.2) is 15.0 Å². The fourth-order valence-electron chi connectivity index (χ4n) is 7.08. The molecule has 0 fully saturated rings. The number of fused-ring (bicyclic) bond motifs is 2. The van der Waals surface area contributed by atoms with Crippen LogP contribution in [0, 0.1) is 13.8 Å². The van der Waals surface area contributed by atoms with Crippen LogP contribution in [0.5, 0.6) is 11.5 Å². The molecule has 5 heterocycles. The van der Waals surface area contributed by atoms with Gasteiger partial charge in [0, 0.05) is 50.9 Å². The number of rotatable bonds is 19. The molecule has 21 heteroatoms. The van der Waals surface area contributed by atoms with Crippen molar-refractivity contribution in [2.24, 2.45) is 11.5 Å². The van der Waals surface area contributed by atoms with Gasteiger partial charge < -0.3 is 39.8 Å². The summed E-state index contributed by atoms with van der Waals surface area (Å²) in [6.45, 7) is 8.51. The summed E-state index contributed by atoms with van der Waals surface area (Å²) < 4.78 is 24.4. The topological polar surface area (TPSA) is 272 Å². The van der Waals surface area contributed by atoms with Crippen LogP contribution in [0.15, 0.2) is 71.4 Å². The molecule has 0 saturated carbocycles. The highest BCUT2D eigenvalue weighted by atomic mass is 16.5. The number of ether oxygens (including phenoxy) is 2. The molecule has 64 heavy (non-hydrogen) atoms. The zero-order valence-electron chi connectivity index (χ0n) is 36.1. The van der Waals surface area contributed by atoms with E-state index >= 15 is 0 Å². The van der Waals surface area contributed by atoms with Gasteiger partial charge in [-0.3, -0.25) is 39.2 Å². The van der Waals surface area contributed by atoms with Crippen molar-refractivity contribution in [2.45, 2.75) is 60.3 Å². The highest BCUT2D eigenvalue weighted by Gasteiger charge is 2.24. The van der Waals surface area contributed by atoms with E-state index in [0.29, 0.717) is 70.3 Å². The van der Waals surface area contributed by atoms with Crippen LogP contribution in [-0.4, -0.2) is 88.0 Å². The lowest BCUT2D eigenvalue weighted by atomic mass is 10.1. The van der Waals surface area contributed by atoms with Crippen LogP contribution in [-0.2, 0) is 32.6 Å². The molecule has 21 nitrogen and oxygen atoms in total. The lowest BCUT2D eigenvalue weighted by molar-refractivity contribution is 0.0987. The largest absolute Gasteiger partial charge is 0.494 e. The Bertz CT molecular complexity index is 2960. The smallest absolute Gasteiger partial charge is 0.295 e. The van der Waals surface area contributed by atoms with Gasteiger partial charge in [0.1, 0.15) is 34.8 Å². The number of nitrogens with one attached hydrogen (secondary N) is 3. The van der Waals surface area contributed by atoms with Crippen LogP contribution >= 0.6 is 0 Å². The van der Waals surface area contributed by atoms with Gasteiger partial charge in [0.05, 0.1) is 48.0 Å². The summed E-state index contributed by atoms with van der Waals surface area (Å²) in [4.78, 5) is 66.0. The van der Waals surface area contributed by atoms with Gasteiger partial charge in [0.25, 0.3) is 11.8 Å². The summed E-state index contributed by atoms with van der Waals surface area (Å²) >= 11 is 0. The highest BCUT2D eigenvalue weighted by molar-refractivity contribution is 6.05. The quantitative estimate of drug-likeness (QED) is 0.0696. The summed E-state index contributed by atoms with van der Waals surface area (Å²) in [5.41, 5.74) is 15.7. The number of allylic oxidation sites excluding steroid dienone is 3. The number of benzene rings is 2. The van der Waals surface area contributed by atoms with E-state index in [1.165, 1.54) is 31.4 Å². The monoisotopic (exact) mass is 872 g/mol. The Labute approximate surface area is 366 Å². The maximum absolute atomic E-state index is 13.8. The van der Waals surface area contributed by atoms with Crippen molar-refractivity contribution < 1.29 is 33.1 Å². The number of carbonyl (C=O) groups excluding carboxylic acids is 4. The molecule has 0 spiro atoms. The number of nitrogens with two attached hydrogens (primary N) is 2. The maximum atomic E-state index is 13.8. The molecule has 0 atom stereocenters. The van der Waals surface area contributed by atoms with Crippen molar-refractivity contribution in [3.05, 3.63) is 107 Å². The summed E-state index contributed by atoms with van der Waals surface area (Å²) in [7, 11) is 3.27. The summed E-state index contributed by atoms with van der Waals surface area (Å²) in [6, 6.07) is 7.76.